The van der Waals surface area contributed by atoms with Gasteiger partial charge in [-0.25, -0.2) is 0 Å². The molecule has 0 aromatic heterocycles. The zero-order valence-electron chi connectivity index (χ0n) is 6.91. The Morgan fingerprint density at radius 3 is 0.294 bits per heavy atom. The van der Waals surface area contributed by atoms with Gasteiger partial charge in [-0.15, -0.1) is 0 Å². The molecule has 104 valence electrons. The van der Waals surface area contributed by atoms with E-state index in [1.807, 2.05) is 0 Å². The third kappa shape index (κ3) is 545. The van der Waals surface area contributed by atoms with Gasteiger partial charge in [0, 0.05) is 0 Å². The van der Waals surface area contributed by atoms with Gasteiger partial charge >= 0.3 is 23.9 Å². The third-order valence-electron chi connectivity index (χ3n) is 0. The van der Waals surface area contributed by atoms with Crippen LogP contribution in [0.3, 0.4) is 0 Å². The molecule has 17 heavy (non-hydrogen) atoms. The molecule has 0 saturated carbocycles. The first-order valence-corrected chi connectivity index (χ1v) is 12.4. The Balaban J connectivity index is -0.0000000369. The molecule has 0 amide bonds. The molecule has 0 bridgehead atoms. The van der Waals surface area contributed by atoms with Gasteiger partial charge in [-0.2, -0.15) is 0 Å². The fraction of sp³-hybridized carbons (Fsp3) is 0. The van der Waals surface area contributed by atoms with Gasteiger partial charge in [-0.05, 0) is 0 Å². The van der Waals surface area contributed by atoms with Crippen molar-refractivity contribution in [2.45, 2.75) is 0 Å². The van der Waals surface area contributed by atoms with Crippen LogP contribution in [-0.2, 0) is 0 Å². The minimum atomic E-state index is -4.01. The van der Waals surface area contributed by atoms with Crippen molar-refractivity contribution in [3.63, 3.8) is 0 Å². The average molecular weight is 818 g/mol. The summed E-state index contributed by atoms with van der Waals surface area (Å²) in [5, 5.41) is 0. The molecular formula is I4O12Sn. The second-order valence-corrected chi connectivity index (χ2v) is 5.07. The number of hydrogen-bond acceptors (Lipinski definition) is 12. The molecule has 17 heteroatoms. The molecule has 0 aliphatic rings. The fourth-order valence-corrected chi connectivity index (χ4v) is 0. The summed E-state index contributed by atoms with van der Waals surface area (Å²) >= 11 is -16.1. The van der Waals surface area contributed by atoms with Gasteiger partial charge in [0.1, 0.15) is 0 Å². The van der Waals surface area contributed by atoms with Crippen LogP contribution < -0.4 is 125 Å². The van der Waals surface area contributed by atoms with Crippen LogP contribution in [0.4, 0.5) is 0 Å². The van der Waals surface area contributed by atoms with E-state index < -0.39 is 84.3 Å². The SMILES string of the molecule is [O-][I+2]([O-])[O-].[O-][I+2]([O-])[O-].[O-][I+2]([O-])[O-].[O-][I+2]([O-])[O-].[Sn+4]. The Morgan fingerprint density at radius 1 is 0.294 bits per heavy atom. The van der Waals surface area contributed by atoms with E-state index in [2.05, 4.69) is 0 Å². The van der Waals surface area contributed by atoms with E-state index in [4.69, 9.17) is 41.2 Å². The van der Waals surface area contributed by atoms with Gasteiger partial charge in [0.15, 0.2) is 0 Å². The molecule has 0 N–H and O–H groups in total. The zero-order chi connectivity index (χ0) is 14.3. The molecule has 0 aromatic carbocycles. The molecular weight excluding hydrogens is 818 g/mol. The Morgan fingerprint density at radius 2 is 0.294 bits per heavy atom. The topological polar surface area (TPSA) is 277 Å². The summed E-state index contributed by atoms with van der Waals surface area (Å²) in [5.41, 5.74) is 0. The summed E-state index contributed by atoms with van der Waals surface area (Å²) in [7, 11) is 0. The van der Waals surface area contributed by atoms with E-state index in [-0.39, 0.29) is 23.9 Å². The monoisotopic (exact) mass is 819 g/mol. The van der Waals surface area contributed by atoms with Gasteiger partial charge in [0.2, 0.25) is 0 Å². The van der Waals surface area contributed by atoms with Crippen molar-refractivity contribution < 1.29 is 125 Å². The van der Waals surface area contributed by atoms with Crippen molar-refractivity contribution in [2.75, 3.05) is 0 Å². The maximum atomic E-state index is 8.57. The van der Waals surface area contributed by atoms with E-state index in [9.17, 15) is 0 Å². The second-order valence-electron chi connectivity index (χ2n) is 0.756. The first-order valence-electron chi connectivity index (χ1n) is 1.85. The van der Waals surface area contributed by atoms with Crippen LogP contribution in [0.2, 0.25) is 0 Å². The molecule has 0 spiro atoms. The molecule has 0 saturated heterocycles. The summed E-state index contributed by atoms with van der Waals surface area (Å²) in [6.45, 7) is 0. The molecule has 0 radical (unpaired) electrons. The first kappa shape index (κ1) is 32.3. The van der Waals surface area contributed by atoms with Crippen LogP contribution >= 0.6 is 0 Å². The summed E-state index contributed by atoms with van der Waals surface area (Å²) in [6.07, 6.45) is 0. The standard InChI is InChI=1S/4IO3.Sn/c4*2-1(3)4;/q4*-1;+4. The minimum absolute atomic E-state index is 0. The zero-order valence-corrected chi connectivity index (χ0v) is 18.4. The molecule has 12 nitrogen and oxygen atoms in total. The smallest absolute Gasteiger partial charge is 0.427 e. The van der Waals surface area contributed by atoms with Crippen LogP contribution in [0.25, 0.3) is 0 Å². The van der Waals surface area contributed by atoms with Crippen LogP contribution in [0.1, 0.15) is 0 Å². The molecule has 0 fully saturated rings. The number of rotatable bonds is 0. The molecule has 0 aliphatic carbocycles. The third-order valence-corrected chi connectivity index (χ3v) is 0. The Labute approximate surface area is 147 Å². The van der Waals surface area contributed by atoms with E-state index in [0.29, 0.717) is 0 Å². The van der Waals surface area contributed by atoms with Crippen LogP contribution in [0.5, 0.6) is 0 Å². The molecule has 0 rings (SSSR count). The minimum Gasteiger partial charge on any atom is -0.427 e. The van der Waals surface area contributed by atoms with Crippen molar-refractivity contribution in [2.24, 2.45) is 0 Å². The largest absolute Gasteiger partial charge is 4.00 e. The normalized spacial score (nSPS) is 8.47. The van der Waals surface area contributed by atoms with E-state index in [1.54, 1.807) is 0 Å². The van der Waals surface area contributed by atoms with Gasteiger partial charge in [0.25, 0.3) is 84.3 Å². The summed E-state index contributed by atoms with van der Waals surface area (Å²) in [4.78, 5) is 0. The quantitative estimate of drug-likeness (QED) is 0.163. The number of hydrogen-bond donors (Lipinski definition) is 0. The fourth-order valence-electron chi connectivity index (χ4n) is 0. The molecule has 0 aromatic rings. The Bertz CT molecular complexity index is 61.5. The van der Waals surface area contributed by atoms with Gasteiger partial charge < -0.3 is 41.2 Å². The molecule has 0 heterocycles. The summed E-state index contributed by atoms with van der Waals surface area (Å²) < 4.78 is 103. The Kier molecular flexibility index (Phi) is 52.3. The molecule has 0 aliphatic heterocycles. The Hall–Kier alpha value is 3.24. The molecule has 0 atom stereocenters. The number of halogens is 4. The predicted molar refractivity (Wildman–Crippen MR) is 5.75 cm³/mol. The maximum absolute atomic E-state index is 8.57. The van der Waals surface area contributed by atoms with Gasteiger partial charge in [-0.1, -0.05) is 0 Å². The van der Waals surface area contributed by atoms with Crippen molar-refractivity contribution >= 4 is 23.9 Å². The van der Waals surface area contributed by atoms with Gasteiger partial charge in [0.05, 0.1) is 0 Å². The summed E-state index contributed by atoms with van der Waals surface area (Å²) in [6, 6.07) is 0. The van der Waals surface area contributed by atoms with Crippen molar-refractivity contribution in [3.05, 3.63) is 0 Å². The van der Waals surface area contributed by atoms with Crippen molar-refractivity contribution in [1.29, 1.82) is 0 Å². The van der Waals surface area contributed by atoms with Crippen LogP contribution in [0.15, 0.2) is 0 Å². The van der Waals surface area contributed by atoms with Crippen LogP contribution in [-0.4, -0.2) is 23.9 Å². The van der Waals surface area contributed by atoms with Gasteiger partial charge in [-0.3, -0.25) is 0 Å². The maximum Gasteiger partial charge on any atom is 4.00 e. The van der Waals surface area contributed by atoms with E-state index in [0.717, 1.165) is 0 Å². The van der Waals surface area contributed by atoms with Crippen LogP contribution in [0, 0.1) is 0 Å². The van der Waals surface area contributed by atoms with Crippen molar-refractivity contribution in [3.8, 4) is 0 Å². The summed E-state index contributed by atoms with van der Waals surface area (Å²) in [5.74, 6) is 0. The molecule has 0 unspecified atom stereocenters. The second kappa shape index (κ2) is 27.6. The average Bonchev–Trinajstić information content (AvgIpc) is 1.76. The van der Waals surface area contributed by atoms with E-state index >= 15 is 0 Å². The predicted octanol–water partition coefficient (Wildman–Crippen LogP) is -26.6. The van der Waals surface area contributed by atoms with Crippen molar-refractivity contribution in [1.82, 2.24) is 0 Å². The van der Waals surface area contributed by atoms with E-state index in [1.165, 1.54) is 0 Å². The first-order chi connectivity index (χ1) is 6.93.